The molecule has 98 valence electrons. The van der Waals surface area contributed by atoms with Gasteiger partial charge in [-0.1, -0.05) is 0 Å². The molecule has 18 heavy (non-hydrogen) atoms. The Bertz CT molecular complexity index is 612. The SMILES string of the molecule is CCOS(=O)(=O)C(=N)I1OC(=O)c2ccccc21. The number of hydrogen-bond donors (Lipinski definition) is 1. The van der Waals surface area contributed by atoms with Crippen molar-refractivity contribution in [2.75, 3.05) is 6.61 Å². The molecule has 0 spiro atoms. The molecule has 0 aliphatic carbocycles. The van der Waals surface area contributed by atoms with Crippen molar-refractivity contribution in [3.05, 3.63) is 33.4 Å². The van der Waals surface area contributed by atoms with Crippen LogP contribution in [-0.2, 0) is 17.4 Å². The molecule has 2 rings (SSSR count). The van der Waals surface area contributed by atoms with Crippen molar-refractivity contribution in [1.82, 2.24) is 0 Å². The van der Waals surface area contributed by atoms with Gasteiger partial charge in [0.2, 0.25) is 0 Å². The maximum atomic E-state index is 11.6. The van der Waals surface area contributed by atoms with E-state index < -0.39 is 39.4 Å². The molecule has 1 aromatic rings. The molecule has 0 bridgehead atoms. The quantitative estimate of drug-likeness (QED) is 0.372. The van der Waals surface area contributed by atoms with Crippen LogP contribution in [0.25, 0.3) is 0 Å². The molecular weight excluding hydrogens is 373 g/mol. The molecule has 1 heterocycles. The number of hydrogen-bond acceptors (Lipinski definition) is 6. The standard InChI is InChI=1S/C10H10INO5S/c1-2-16-18(14,15)10(12)11-8-6-4-3-5-7(8)9(13)17-11/h3-6,12H,2H2,1H3. The Morgan fingerprint density at radius 3 is 2.78 bits per heavy atom. The molecular formula is C10H10INO5S. The molecule has 0 aromatic heterocycles. The molecule has 0 fully saturated rings. The second-order valence-electron chi connectivity index (χ2n) is 3.23. The van der Waals surface area contributed by atoms with Gasteiger partial charge in [-0.05, 0) is 0 Å². The van der Waals surface area contributed by atoms with E-state index in [4.69, 9.17) is 8.48 Å². The molecule has 0 saturated heterocycles. The first-order valence-electron chi connectivity index (χ1n) is 4.97. The van der Waals surface area contributed by atoms with Gasteiger partial charge in [-0.2, -0.15) is 0 Å². The Morgan fingerprint density at radius 2 is 2.11 bits per heavy atom. The van der Waals surface area contributed by atoms with Gasteiger partial charge in [-0.3, -0.25) is 0 Å². The second kappa shape index (κ2) is 4.94. The number of carbonyl (C=O) groups excluding carboxylic acids is 1. The van der Waals surface area contributed by atoms with E-state index >= 15 is 0 Å². The molecule has 0 amide bonds. The summed E-state index contributed by atoms with van der Waals surface area (Å²) in [6, 6.07) is 6.54. The monoisotopic (exact) mass is 383 g/mol. The van der Waals surface area contributed by atoms with Gasteiger partial charge in [0.05, 0.1) is 0 Å². The van der Waals surface area contributed by atoms with Gasteiger partial charge in [0, 0.05) is 0 Å². The van der Waals surface area contributed by atoms with Crippen LogP contribution in [0.1, 0.15) is 17.3 Å². The third-order valence-corrected chi connectivity index (χ3v) is 9.34. The van der Waals surface area contributed by atoms with Crippen LogP contribution in [0.5, 0.6) is 0 Å². The fourth-order valence-electron chi connectivity index (χ4n) is 1.35. The molecule has 0 saturated carbocycles. The molecule has 6 nitrogen and oxygen atoms in total. The summed E-state index contributed by atoms with van der Waals surface area (Å²) in [5.41, 5.74) is 0.346. The summed E-state index contributed by atoms with van der Waals surface area (Å²) in [6.45, 7) is 1.47. The summed E-state index contributed by atoms with van der Waals surface area (Å²) in [7, 11) is -4.08. The summed E-state index contributed by atoms with van der Waals surface area (Å²) in [5, 5.41) is 7.69. The number of rotatable bonds is 3. The second-order valence-corrected chi connectivity index (χ2v) is 9.61. The van der Waals surface area contributed by atoms with Crippen molar-refractivity contribution in [1.29, 1.82) is 5.41 Å². The minimum atomic E-state index is -4.08. The number of nitrogens with one attached hydrogen (secondary N) is 1. The van der Waals surface area contributed by atoms with E-state index in [-0.39, 0.29) is 6.61 Å². The topological polar surface area (TPSA) is 93.5 Å². The Kier molecular flexibility index (Phi) is 3.69. The average Bonchev–Trinajstić information content (AvgIpc) is 2.66. The van der Waals surface area contributed by atoms with Gasteiger partial charge in [0.15, 0.2) is 0 Å². The molecule has 0 unspecified atom stereocenters. The summed E-state index contributed by atoms with van der Waals surface area (Å²) >= 11 is -2.96. The Hall–Kier alpha value is -1.00. The van der Waals surface area contributed by atoms with E-state index in [0.717, 1.165) is 0 Å². The van der Waals surface area contributed by atoms with Crippen LogP contribution in [-0.4, -0.2) is 24.0 Å². The van der Waals surface area contributed by atoms with Gasteiger partial charge in [-0.15, -0.1) is 0 Å². The number of fused-ring (bicyclic) bond motifs is 1. The van der Waals surface area contributed by atoms with Crippen molar-refractivity contribution in [3.63, 3.8) is 0 Å². The van der Waals surface area contributed by atoms with Crippen molar-refractivity contribution >= 4 is 39.4 Å². The molecule has 8 heteroatoms. The van der Waals surface area contributed by atoms with Gasteiger partial charge >= 0.3 is 112 Å². The predicted molar refractivity (Wildman–Crippen MR) is 72.8 cm³/mol. The average molecular weight is 383 g/mol. The Balaban J connectivity index is 2.38. The van der Waals surface area contributed by atoms with E-state index in [1.54, 1.807) is 24.3 Å². The Labute approximate surface area is 112 Å². The maximum absolute atomic E-state index is 11.6. The van der Waals surface area contributed by atoms with E-state index in [9.17, 15) is 13.2 Å². The van der Waals surface area contributed by atoms with Crippen molar-refractivity contribution in [2.45, 2.75) is 6.92 Å². The first-order valence-corrected chi connectivity index (χ1v) is 9.41. The minimum absolute atomic E-state index is 0.0513. The van der Waals surface area contributed by atoms with Crippen LogP contribution >= 0.6 is 20.2 Å². The number of benzene rings is 1. The number of carbonyl (C=O) groups is 1. The van der Waals surface area contributed by atoms with Crippen molar-refractivity contribution in [2.24, 2.45) is 0 Å². The van der Waals surface area contributed by atoms with E-state index in [1.165, 1.54) is 6.92 Å². The van der Waals surface area contributed by atoms with Gasteiger partial charge in [0.1, 0.15) is 0 Å². The fraction of sp³-hybridized carbons (Fsp3) is 0.200. The molecule has 1 aliphatic rings. The van der Waals surface area contributed by atoms with Gasteiger partial charge < -0.3 is 0 Å². The molecule has 0 atom stereocenters. The molecule has 0 radical (unpaired) electrons. The summed E-state index contributed by atoms with van der Waals surface area (Å²) in [4.78, 5) is 11.5. The molecule has 1 N–H and O–H groups in total. The van der Waals surface area contributed by atoms with Crippen LogP contribution in [0, 0.1) is 8.98 Å². The number of halogens is 1. The fourth-order valence-corrected chi connectivity index (χ4v) is 7.62. The Morgan fingerprint density at radius 1 is 1.44 bits per heavy atom. The zero-order valence-electron chi connectivity index (χ0n) is 9.34. The van der Waals surface area contributed by atoms with Crippen LogP contribution in [0.15, 0.2) is 24.3 Å². The zero-order valence-corrected chi connectivity index (χ0v) is 12.3. The first kappa shape index (κ1) is 13.4. The van der Waals surface area contributed by atoms with Crippen molar-refractivity contribution in [3.8, 4) is 0 Å². The van der Waals surface area contributed by atoms with Crippen LogP contribution < -0.4 is 0 Å². The van der Waals surface area contributed by atoms with Crippen LogP contribution in [0.3, 0.4) is 0 Å². The van der Waals surface area contributed by atoms with E-state index in [2.05, 4.69) is 4.18 Å². The summed E-state index contributed by atoms with van der Waals surface area (Å²) < 4.78 is 32.8. The predicted octanol–water partition coefficient (Wildman–Crippen LogP) is 1.75. The third kappa shape index (κ3) is 2.27. The summed E-state index contributed by atoms with van der Waals surface area (Å²) in [5.74, 6) is -0.563. The zero-order chi connectivity index (χ0) is 13.3. The normalized spacial score (nSPS) is 16.3. The third-order valence-electron chi connectivity index (χ3n) is 2.07. The van der Waals surface area contributed by atoms with Gasteiger partial charge in [-0.25, -0.2) is 0 Å². The summed E-state index contributed by atoms with van der Waals surface area (Å²) in [6.07, 6.45) is 0. The first-order chi connectivity index (χ1) is 8.47. The van der Waals surface area contributed by atoms with E-state index in [1.807, 2.05) is 0 Å². The molecule has 1 aliphatic heterocycles. The molecule has 1 aromatic carbocycles. The van der Waals surface area contributed by atoms with E-state index in [0.29, 0.717) is 9.13 Å². The van der Waals surface area contributed by atoms with Crippen LogP contribution in [0.4, 0.5) is 0 Å². The van der Waals surface area contributed by atoms with Crippen molar-refractivity contribution < 1.29 is 20.5 Å². The van der Waals surface area contributed by atoms with Gasteiger partial charge in [0.25, 0.3) is 0 Å². The van der Waals surface area contributed by atoms with Crippen LogP contribution in [0.2, 0.25) is 0 Å².